The molecule has 4 nitrogen and oxygen atoms in total. The summed E-state index contributed by atoms with van der Waals surface area (Å²) < 4.78 is 0. The molecule has 0 bridgehead atoms. The first kappa shape index (κ1) is 14.3. The lowest BCUT2D eigenvalue weighted by Gasteiger charge is -2.30. The third-order valence-electron chi connectivity index (χ3n) is 4.70. The molecule has 1 aromatic rings. The van der Waals surface area contributed by atoms with Gasteiger partial charge in [-0.3, -0.25) is 14.5 Å². The Balaban J connectivity index is 1.84. The number of amides is 2. The highest BCUT2D eigenvalue weighted by Crippen LogP contribution is 2.28. The van der Waals surface area contributed by atoms with E-state index in [4.69, 9.17) is 0 Å². The SMILES string of the molecule is Cc1ccc(N2C(=O)CC(N3CCCCC3)C2=O)cc1C. The molecule has 2 heterocycles. The molecule has 0 radical (unpaired) electrons. The van der Waals surface area contributed by atoms with E-state index >= 15 is 0 Å². The smallest absolute Gasteiger partial charge is 0.251 e. The quantitative estimate of drug-likeness (QED) is 0.784. The number of rotatable bonds is 2. The summed E-state index contributed by atoms with van der Waals surface area (Å²) in [7, 11) is 0. The fourth-order valence-electron chi connectivity index (χ4n) is 3.27. The molecule has 4 heteroatoms. The summed E-state index contributed by atoms with van der Waals surface area (Å²) in [5.74, 6) is -0.121. The van der Waals surface area contributed by atoms with E-state index in [1.165, 1.54) is 16.9 Å². The van der Waals surface area contributed by atoms with Crippen molar-refractivity contribution < 1.29 is 9.59 Å². The van der Waals surface area contributed by atoms with Crippen LogP contribution in [0, 0.1) is 13.8 Å². The highest BCUT2D eigenvalue weighted by atomic mass is 16.2. The molecule has 0 aromatic heterocycles. The van der Waals surface area contributed by atoms with Crippen LogP contribution in [0.25, 0.3) is 0 Å². The van der Waals surface area contributed by atoms with Crippen molar-refractivity contribution in [2.75, 3.05) is 18.0 Å². The van der Waals surface area contributed by atoms with Gasteiger partial charge in [-0.25, -0.2) is 4.90 Å². The molecule has 0 N–H and O–H groups in total. The minimum atomic E-state index is -0.251. The number of aryl methyl sites for hydroxylation is 2. The Morgan fingerprint density at radius 3 is 2.38 bits per heavy atom. The number of carbonyl (C=O) groups excluding carboxylic acids is 2. The van der Waals surface area contributed by atoms with Gasteiger partial charge in [0.2, 0.25) is 5.91 Å². The summed E-state index contributed by atoms with van der Waals surface area (Å²) in [4.78, 5) is 28.6. The van der Waals surface area contributed by atoms with Gasteiger partial charge < -0.3 is 0 Å². The molecule has 2 saturated heterocycles. The van der Waals surface area contributed by atoms with Crippen LogP contribution >= 0.6 is 0 Å². The van der Waals surface area contributed by atoms with Crippen molar-refractivity contribution in [3.63, 3.8) is 0 Å². The first-order valence-electron chi connectivity index (χ1n) is 7.76. The Labute approximate surface area is 125 Å². The molecule has 1 unspecified atom stereocenters. The number of likely N-dealkylation sites (tertiary alicyclic amines) is 1. The van der Waals surface area contributed by atoms with Gasteiger partial charge in [-0.2, -0.15) is 0 Å². The van der Waals surface area contributed by atoms with Crippen LogP contribution in [-0.4, -0.2) is 35.8 Å². The zero-order chi connectivity index (χ0) is 15.0. The Hall–Kier alpha value is -1.68. The lowest BCUT2D eigenvalue weighted by atomic mass is 10.1. The topological polar surface area (TPSA) is 40.6 Å². The zero-order valence-electron chi connectivity index (χ0n) is 12.8. The maximum absolute atomic E-state index is 12.7. The number of benzene rings is 1. The van der Waals surface area contributed by atoms with E-state index in [0.717, 1.165) is 31.5 Å². The second-order valence-corrected chi connectivity index (χ2v) is 6.15. The van der Waals surface area contributed by atoms with Crippen LogP contribution in [0.5, 0.6) is 0 Å². The van der Waals surface area contributed by atoms with Crippen LogP contribution < -0.4 is 4.90 Å². The molecule has 1 aromatic carbocycles. The first-order chi connectivity index (χ1) is 10.1. The summed E-state index contributed by atoms with van der Waals surface area (Å²) in [6.45, 7) is 5.91. The van der Waals surface area contributed by atoms with Gasteiger partial charge >= 0.3 is 0 Å². The average Bonchev–Trinajstić information content (AvgIpc) is 2.78. The Morgan fingerprint density at radius 1 is 1.00 bits per heavy atom. The van der Waals surface area contributed by atoms with Crippen molar-refractivity contribution in [2.45, 2.75) is 45.6 Å². The van der Waals surface area contributed by atoms with E-state index in [-0.39, 0.29) is 17.9 Å². The molecule has 2 aliphatic rings. The predicted octanol–water partition coefficient (Wildman–Crippen LogP) is 2.42. The van der Waals surface area contributed by atoms with Gasteiger partial charge in [0.15, 0.2) is 0 Å². The molecule has 112 valence electrons. The Morgan fingerprint density at radius 2 is 1.71 bits per heavy atom. The van der Waals surface area contributed by atoms with Crippen molar-refractivity contribution >= 4 is 17.5 Å². The lowest BCUT2D eigenvalue weighted by molar-refractivity contribution is -0.123. The van der Waals surface area contributed by atoms with Crippen LogP contribution in [-0.2, 0) is 9.59 Å². The normalized spacial score (nSPS) is 23.9. The third kappa shape index (κ3) is 2.60. The number of nitrogens with zero attached hydrogens (tertiary/aromatic N) is 2. The first-order valence-corrected chi connectivity index (χ1v) is 7.76. The number of imide groups is 1. The number of hydrogen-bond donors (Lipinski definition) is 0. The van der Waals surface area contributed by atoms with E-state index in [9.17, 15) is 9.59 Å². The largest absolute Gasteiger partial charge is 0.292 e. The molecular weight excluding hydrogens is 264 g/mol. The van der Waals surface area contributed by atoms with Crippen LogP contribution in [0.1, 0.15) is 36.8 Å². The monoisotopic (exact) mass is 286 g/mol. The highest BCUT2D eigenvalue weighted by Gasteiger charge is 2.42. The summed E-state index contributed by atoms with van der Waals surface area (Å²) >= 11 is 0. The van der Waals surface area contributed by atoms with Gasteiger partial charge in [0.05, 0.1) is 18.2 Å². The van der Waals surface area contributed by atoms with Crippen molar-refractivity contribution in [3.8, 4) is 0 Å². The molecule has 1 atom stereocenters. The maximum atomic E-state index is 12.7. The molecular formula is C17H22N2O2. The standard InChI is InChI=1S/C17H22N2O2/c1-12-6-7-14(10-13(12)2)19-16(20)11-15(17(19)21)18-8-4-3-5-9-18/h6-7,10,15H,3-5,8-9,11H2,1-2H3. The minimum absolute atomic E-state index is 0.0508. The molecule has 2 fully saturated rings. The molecule has 0 spiro atoms. The van der Waals surface area contributed by atoms with Crippen molar-refractivity contribution in [1.82, 2.24) is 4.90 Å². The molecule has 2 amide bonds. The van der Waals surface area contributed by atoms with Gasteiger partial charge in [0, 0.05) is 0 Å². The molecule has 3 rings (SSSR count). The van der Waals surface area contributed by atoms with Crippen LogP contribution in [0.15, 0.2) is 18.2 Å². The third-order valence-corrected chi connectivity index (χ3v) is 4.70. The summed E-state index contributed by atoms with van der Waals surface area (Å²) in [5, 5.41) is 0. The van der Waals surface area contributed by atoms with E-state index < -0.39 is 0 Å². The molecule has 0 saturated carbocycles. The summed E-state index contributed by atoms with van der Waals surface area (Å²) in [6, 6.07) is 5.53. The Bertz CT molecular complexity index is 576. The van der Waals surface area contributed by atoms with Gasteiger partial charge in [-0.15, -0.1) is 0 Å². The second-order valence-electron chi connectivity index (χ2n) is 6.15. The van der Waals surface area contributed by atoms with Gasteiger partial charge in [0.25, 0.3) is 5.91 Å². The van der Waals surface area contributed by atoms with E-state index in [1.54, 1.807) is 0 Å². The maximum Gasteiger partial charge on any atom is 0.251 e. The fourth-order valence-corrected chi connectivity index (χ4v) is 3.27. The fraction of sp³-hybridized carbons (Fsp3) is 0.529. The Kier molecular flexibility index (Phi) is 3.81. The predicted molar refractivity (Wildman–Crippen MR) is 82.2 cm³/mol. The highest BCUT2D eigenvalue weighted by molar-refractivity contribution is 6.22. The average molecular weight is 286 g/mol. The van der Waals surface area contributed by atoms with Gasteiger partial charge in [-0.1, -0.05) is 12.5 Å². The van der Waals surface area contributed by atoms with Crippen molar-refractivity contribution in [2.24, 2.45) is 0 Å². The van der Waals surface area contributed by atoms with Crippen LogP contribution in [0.2, 0.25) is 0 Å². The molecule has 21 heavy (non-hydrogen) atoms. The number of piperidine rings is 1. The number of anilines is 1. The number of carbonyl (C=O) groups is 2. The lowest BCUT2D eigenvalue weighted by Crippen LogP contribution is -2.44. The van der Waals surface area contributed by atoms with Gasteiger partial charge in [-0.05, 0) is 63.0 Å². The van der Waals surface area contributed by atoms with Gasteiger partial charge in [0.1, 0.15) is 0 Å². The summed E-state index contributed by atoms with van der Waals surface area (Å²) in [5.41, 5.74) is 2.99. The minimum Gasteiger partial charge on any atom is -0.292 e. The van der Waals surface area contributed by atoms with Crippen molar-refractivity contribution in [1.29, 1.82) is 0 Å². The second kappa shape index (κ2) is 5.60. The van der Waals surface area contributed by atoms with E-state index in [0.29, 0.717) is 12.1 Å². The van der Waals surface area contributed by atoms with Crippen LogP contribution in [0.3, 0.4) is 0 Å². The van der Waals surface area contributed by atoms with E-state index in [1.807, 2.05) is 32.0 Å². The number of hydrogen-bond acceptors (Lipinski definition) is 3. The molecule has 0 aliphatic carbocycles. The molecule has 2 aliphatic heterocycles. The van der Waals surface area contributed by atoms with Crippen LogP contribution in [0.4, 0.5) is 5.69 Å². The van der Waals surface area contributed by atoms with Crippen molar-refractivity contribution in [3.05, 3.63) is 29.3 Å². The summed E-state index contributed by atoms with van der Waals surface area (Å²) in [6.07, 6.45) is 3.81. The van der Waals surface area contributed by atoms with E-state index in [2.05, 4.69) is 4.90 Å². The zero-order valence-corrected chi connectivity index (χ0v) is 12.8.